The molecule has 0 saturated carbocycles. The number of hydrogen-bond donors (Lipinski definition) is 2. The standard InChI is InChI=1S/C24H31NO3/c1-23(2,3)18-14-16(22(28-7)20(21(18)27)24(4,5)6)10-13-19(26)15-8-11-17(25)12-9-15/h8-14,27H,25H2,1-7H3. The number of rotatable bonds is 4. The van der Waals surface area contributed by atoms with E-state index in [4.69, 9.17) is 10.5 Å². The van der Waals surface area contributed by atoms with Gasteiger partial charge in [-0.2, -0.15) is 0 Å². The van der Waals surface area contributed by atoms with Gasteiger partial charge in [0.25, 0.3) is 0 Å². The molecule has 0 radical (unpaired) electrons. The van der Waals surface area contributed by atoms with Gasteiger partial charge in [-0.05, 0) is 53.3 Å². The maximum Gasteiger partial charge on any atom is 0.185 e. The largest absolute Gasteiger partial charge is 0.507 e. The van der Waals surface area contributed by atoms with Crippen LogP contribution in [0.4, 0.5) is 5.69 Å². The van der Waals surface area contributed by atoms with Crippen molar-refractivity contribution < 1.29 is 14.6 Å². The number of methoxy groups -OCH3 is 1. The Morgan fingerprint density at radius 2 is 1.61 bits per heavy atom. The highest BCUT2D eigenvalue weighted by Gasteiger charge is 2.30. The summed E-state index contributed by atoms with van der Waals surface area (Å²) in [6.45, 7) is 12.2. The van der Waals surface area contributed by atoms with Crippen molar-refractivity contribution in [3.63, 3.8) is 0 Å². The molecule has 3 N–H and O–H groups in total. The summed E-state index contributed by atoms with van der Waals surface area (Å²) in [6.07, 6.45) is 3.28. The number of ether oxygens (including phenoxy) is 1. The number of anilines is 1. The number of phenolic OH excluding ortho intramolecular Hbond substituents is 1. The minimum absolute atomic E-state index is 0.121. The Morgan fingerprint density at radius 1 is 1.04 bits per heavy atom. The lowest BCUT2D eigenvalue weighted by atomic mass is 9.77. The van der Waals surface area contributed by atoms with Crippen LogP contribution in [-0.2, 0) is 10.8 Å². The van der Waals surface area contributed by atoms with Crippen LogP contribution >= 0.6 is 0 Å². The van der Waals surface area contributed by atoms with Crippen molar-refractivity contribution in [1.82, 2.24) is 0 Å². The fourth-order valence-corrected chi connectivity index (χ4v) is 3.20. The number of benzene rings is 2. The fourth-order valence-electron chi connectivity index (χ4n) is 3.20. The monoisotopic (exact) mass is 381 g/mol. The molecule has 150 valence electrons. The maximum absolute atomic E-state index is 12.5. The van der Waals surface area contributed by atoms with Gasteiger partial charge in [-0.25, -0.2) is 0 Å². The van der Waals surface area contributed by atoms with Gasteiger partial charge < -0.3 is 15.6 Å². The SMILES string of the molecule is COc1c(C=CC(=O)c2ccc(N)cc2)cc(C(C)(C)C)c(O)c1C(C)(C)C. The van der Waals surface area contributed by atoms with Gasteiger partial charge in [0.2, 0.25) is 0 Å². The fraction of sp³-hybridized carbons (Fsp3) is 0.375. The van der Waals surface area contributed by atoms with Gasteiger partial charge >= 0.3 is 0 Å². The summed E-state index contributed by atoms with van der Waals surface area (Å²) in [5.74, 6) is 0.711. The molecule has 0 aliphatic rings. The number of hydrogen-bond acceptors (Lipinski definition) is 4. The van der Waals surface area contributed by atoms with Gasteiger partial charge in [-0.15, -0.1) is 0 Å². The Kier molecular flexibility index (Phi) is 5.93. The number of carbonyl (C=O) groups excluding carboxylic acids is 1. The van der Waals surface area contributed by atoms with Crippen molar-refractivity contribution in [2.24, 2.45) is 0 Å². The third kappa shape index (κ3) is 4.56. The molecule has 4 nitrogen and oxygen atoms in total. The Labute approximate surface area is 168 Å². The second-order valence-corrected chi connectivity index (χ2v) is 9.09. The van der Waals surface area contributed by atoms with E-state index >= 15 is 0 Å². The van der Waals surface area contributed by atoms with Crippen LogP contribution in [-0.4, -0.2) is 18.0 Å². The maximum atomic E-state index is 12.5. The molecule has 0 fully saturated rings. The third-order valence-electron chi connectivity index (χ3n) is 4.65. The summed E-state index contributed by atoms with van der Waals surface area (Å²) >= 11 is 0. The van der Waals surface area contributed by atoms with E-state index in [0.717, 1.165) is 16.7 Å². The predicted molar refractivity (Wildman–Crippen MR) is 116 cm³/mol. The van der Waals surface area contributed by atoms with Crippen molar-refractivity contribution >= 4 is 17.5 Å². The van der Waals surface area contributed by atoms with Crippen LogP contribution < -0.4 is 10.5 Å². The van der Waals surface area contributed by atoms with Crippen LogP contribution in [0.25, 0.3) is 6.08 Å². The molecule has 0 bridgehead atoms. The molecular formula is C24H31NO3. The van der Waals surface area contributed by atoms with E-state index in [1.165, 1.54) is 6.08 Å². The van der Waals surface area contributed by atoms with Crippen LogP contribution in [0.1, 0.15) is 68.6 Å². The topological polar surface area (TPSA) is 72.5 Å². The van der Waals surface area contributed by atoms with Crippen LogP contribution in [0.2, 0.25) is 0 Å². The predicted octanol–water partition coefficient (Wildman–Crippen LogP) is 5.47. The summed E-state index contributed by atoms with van der Waals surface area (Å²) in [5, 5.41) is 11.0. The first kappa shape index (κ1) is 21.5. The highest BCUT2D eigenvalue weighted by Crippen LogP contribution is 2.46. The molecule has 2 aromatic rings. The number of nitrogens with two attached hydrogens (primary N) is 1. The van der Waals surface area contributed by atoms with Crippen LogP contribution in [0, 0.1) is 0 Å². The lowest BCUT2D eigenvalue weighted by Gasteiger charge is -2.30. The molecule has 0 unspecified atom stereocenters. The summed E-state index contributed by atoms with van der Waals surface area (Å²) in [7, 11) is 1.58. The molecule has 2 aromatic carbocycles. The smallest absolute Gasteiger partial charge is 0.185 e. The number of aromatic hydroxyl groups is 1. The van der Waals surface area contributed by atoms with E-state index in [0.29, 0.717) is 17.0 Å². The molecule has 0 aromatic heterocycles. The number of allylic oxidation sites excluding steroid dienone is 1. The van der Waals surface area contributed by atoms with E-state index in [9.17, 15) is 9.90 Å². The molecular weight excluding hydrogens is 350 g/mol. The van der Waals surface area contributed by atoms with Gasteiger partial charge in [0.1, 0.15) is 11.5 Å². The van der Waals surface area contributed by atoms with E-state index in [-0.39, 0.29) is 22.4 Å². The second-order valence-electron chi connectivity index (χ2n) is 9.09. The van der Waals surface area contributed by atoms with Crippen molar-refractivity contribution in [1.29, 1.82) is 0 Å². The van der Waals surface area contributed by atoms with Crippen molar-refractivity contribution in [2.45, 2.75) is 52.4 Å². The van der Waals surface area contributed by atoms with Crippen LogP contribution in [0.15, 0.2) is 36.4 Å². The van der Waals surface area contributed by atoms with Gasteiger partial charge in [0, 0.05) is 27.9 Å². The van der Waals surface area contributed by atoms with Gasteiger partial charge in [0.15, 0.2) is 5.78 Å². The Hall–Kier alpha value is -2.75. The molecule has 0 amide bonds. The first-order valence-corrected chi connectivity index (χ1v) is 9.39. The van der Waals surface area contributed by atoms with Gasteiger partial charge in [-0.3, -0.25) is 4.79 Å². The highest BCUT2D eigenvalue weighted by molar-refractivity contribution is 6.07. The summed E-state index contributed by atoms with van der Waals surface area (Å²) in [4.78, 5) is 12.5. The van der Waals surface area contributed by atoms with Crippen LogP contribution in [0.3, 0.4) is 0 Å². The summed E-state index contributed by atoms with van der Waals surface area (Å²) in [5.41, 5.74) is 8.59. The molecule has 0 spiro atoms. The number of nitrogen functional groups attached to an aromatic ring is 1. The van der Waals surface area contributed by atoms with Crippen molar-refractivity contribution in [2.75, 3.05) is 12.8 Å². The zero-order valence-corrected chi connectivity index (χ0v) is 17.9. The van der Waals surface area contributed by atoms with Gasteiger partial charge in [0.05, 0.1) is 7.11 Å². The molecule has 4 heteroatoms. The Bertz CT molecular complexity index is 895. The third-order valence-corrected chi connectivity index (χ3v) is 4.65. The molecule has 0 aliphatic heterocycles. The van der Waals surface area contributed by atoms with E-state index in [1.54, 1.807) is 37.5 Å². The van der Waals surface area contributed by atoms with Crippen LogP contribution in [0.5, 0.6) is 11.5 Å². The van der Waals surface area contributed by atoms with Crippen molar-refractivity contribution in [3.05, 3.63) is 58.7 Å². The average molecular weight is 382 g/mol. The van der Waals surface area contributed by atoms with Gasteiger partial charge in [-0.1, -0.05) is 41.5 Å². The number of phenols is 1. The Balaban J connectivity index is 2.62. The highest BCUT2D eigenvalue weighted by atomic mass is 16.5. The zero-order valence-electron chi connectivity index (χ0n) is 17.9. The molecule has 0 aliphatic carbocycles. The summed E-state index contributed by atoms with van der Waals surface area (Å²) < 4.78 is 5.67. The molecule has 0 heterocycles. The Morgan fingerprint density at radius 3 is 2.07 bits per heavy atom. The number of ketones is 1. The average Bonchev–Trinajstić information content (AvgIpc) is 2.58. The van der Waals surface area contributed by atoms with Crippen molar-refractivity contribution in [3.8, 4) is 11.5 Å². The van der Waals surface area contributed by atoms with E-state index in [2.05, 4.69) is 0 Å². The normalized spacial score (nSPS) is 12.4. The second kappa shape index (κ2) is 7.70. The lowest BCUT2D eigenvalue weighted by Crippen LogP contribution is -2.19. The molecule has 0 saturated heterocycles. The minimum Gasteiger partial charge on any atom is -0.507 e. The zero-order chi connectivity index (χ0) is 21.3. The van der Waals surface area contributed by atoms with E-state index < -0.39 is 0 Å². The minimum atomic E-state index is -0.333. The molecule has 2 rings (SSSR count). The summed E-state index contributed by atoms with van der Waals surface area (Å²) in [6, 6.07) is 8.72. The number of carbonyl (C=O) groups is 1. The van der Waals surface area contributed by atoms with E-state index in [1.807, 2.05) is 47.6 Å². The lowest BCUT2D eigenvalue weighted by molar-refractivity contribution is 0.104. The molecule has 28 heavy (non-hydrogen) atoms. The first-order valence-electron chi connectivity index (χ1n) is 9.39. The quantitative estimate of drug-likeness (QED) is 0.418. The first-order chi connectivity index (χ1) is 12.9. The molecule has 0 atom stereocenters.